The van der Waals surface area contributed by atoms with Crippen molar-refractivity contribution in [2.45, 2.75) is 58.8 Å². The summed E-state index contributed by atoms with van der Waals surface area (Å²) in [6, 6.07) is 16.9. The van der Waals surface area contributed by atoms with Crippen molar-refractivity contribution in [3.05, 3.63) is 65.2 Å². The van der Waals surface area contributed by atoms with Gasteiger partial charge in [-0.3, -0.25) is 14.6 Å². The third-order valence-corrected chi connectivity index (χ3v) is 6.62. The molecule has 0 saturated carbocycles. The Hall–Kier alpha value is -2.41. The van der Waals surface area contributed by atoms with Crippen LogP contribution in [0, 0.1) is 0 Å². The number of benzene rings is 2. The smallest absolute Gasteiger partial charge is 0.251 e. The van der Waals surface area contributed by atoms with Gasteiger partial charge < -0.3 is 14.8 Å². The number of carbonyl (C=O) groups excluding carboxylic acids is 1. The predicted molar refractivity (Wildman–Crippen MR) is 137 cm³/mol. The molecule has 1 amide bonds. The first-order valence-corrected chi connectivity index (χ1v) is 12.6. The van der Waals surface area contributed by atoms with Gasteiger partial charge >= 0.3 is 0 Å². The highest BCUT2D eigenvalue weighted by Crippen LogP contribution is 2.16. The Morgan fingerprint density at radius 2 is 1.85 bits per heavy atom. The highest BCUT2D eigenvalue weighted by atomic mass is 16.5. The quantitative estimate of drug-likeness (QED) is 0.503. The van der Waals surface area contributed by atoms with Gasteiger partial charge in [-0.25, -0.2) is 0 Å². The number of carbonyl (C=O) groups is 1. The van der Waals surface area contributed by atoms with Crippen molar-refractivity contribution in [3.63, 3.8) is 0 Å². The fraction of sp³-hybridized carbons (Fsp3) is 0.536. The summed E-state index contributed by atoms with van der Waals surface area (Å²) >= 11 is 0. The van der Waals surface area contributed by atoms with E-state index >= 15 is 0 Å². The molecule has 2 aromatic carbocycles. The van der Waals surface area contributed by atoms with Crippen molar-refractivity contribution in [1.82, 2.24) is 15.1 Å². The Labute approximate surface area is 205 Å². The first-order valence-electron chi connectivity index (χ1n) is 12.6. The summed E-state index contributed by atoms with van der Waals surface area (Å²) in [6.45, 7) is 12.2. The van der Waals surface area contributed by atoms with Crippen LogP contribution in [0.1, 0.15) is 55.1 Å². The van der Waals surface area contributed by atoms with Crippen LogP contribution in [0.15, 0.2) is 48.5 Å². The van der Waals surface area contributed by atoms with E-state index in [1.165, 1.54) is 5.56 Å². The van der Waals surface area contributed by atoms with E-state index in [9.17, 15) is 4.79 Å². The van der Waals surface area contributed by atoms with Crippen molar-refractivity contribution in [2.75, 3.05) is 40.0 Å². The highest BCUT2D eigenvalue weighted by Gasteiger charge is 2.18. The molecule has 1 saturated heterocycles. The second-order valence-electron chi connectivity index (χ2n) is 9.36. The molecule has 1 aliphatic heterocycles. The Morgan fingerprint density at radius 3 is 2.53 bits per heavy atom. The molecule has 0 spiro atoms. The van der Waals surface area contributed by atoms with Gasteiger partial charge in [-0.15, -0.1) is 0 Å². The fourth-order valence-electron chi connectivity index (χ4n) is 4.30. The average molecular weight is 468 g/mol. The van der Waals surface area contributed by atoms with Gasteiger partial charge in [-0.2, -0.15) is 0 Å². The number of hydrogen-bond acceptors (Lipinski definition) is 5. The molecule has 186 valence electrons. The second-order valence-corrected chi connectivity index (χ2v) is 9.36. The molecule has 2 aromatic rings. The van der Waals surface area contributed by atoms with Gasteiger partial charge in [-0.05, 0) is 75.7 Å². The Morgan fingerprint density at radius 1 is 1.12 bits per heavy atom. The van der Waals surface area contributed by atoms with E-state index < -0.39 is 0 Å². The third-order valence-electron chi connectivity index (χ3n) is 6.62. The van der Waals surface area contributed by atoms with E-state index in [1.807, 2.05) is 48.5 Å². The number of ether oxygens (including phenoxy) is 2. The van der Waals surface area contributed by atoms with Gasteiger partial charge in [-0.1, -0.05) is 31.2 Å². The molecule has 6 nitrogen and oxygen atoms in total. The SMILES string of the molecule is CCN(Cc1ccc(C(=O)NCc2cccc(OCCN(C)C3CCOCC3)c2)cc1)C(C)C. The summed E-state index contributed by atoms with van der Waals surface area (Å²) in [4.78, 5) is 17.4. The molecule has 0 radical (unpaired) electrons. The highest BCUT2D eigenvalue weighted by molar-refractivity contribution is 5.94. The largest absolute Gasteiger partial charge is 0.492 e. The maximum Gasteiger partial charge on any atom is 0.251 e. The molecule has 1 heterocycles. The van der Waals surface area contributed by atoms with Gasteiger partial charge in [0.1, 0.15) is 12.4 Å². The molecule has 34 heavy (non-hydrogen) atoms. The van der Waals surface area contributed by atoms with Gasteiger partial charge in [0.05, 0.1) is 0 Å². The molecular formula is C28H41N3O3. The topological polar surface area (TPSA) is 54.0 Å². The van der Waals surface area contributed by atoms with Crippen LogP contribution in [0.4, 0.5) is 0 Å². The summed E-state index contributed by atoms with van der Waals surface area (Å²) in [5.74, 6) is 0.772. The van der Waals surface area contributed by atoms with Crippen LogP contribution in [0.3, 0.4) is 0 Å². The maximum absolute atomic E-state index is 12.6. The number of nitrogens with one attached hydrogen (secondary N) is 1. The van der Waals surface area contributed by atoms with Crippen LogP contribution in [0.5, 0.6) is 5.75 Å². The molecule has 0 aromatic heterocycles. The zero-order valence-corrected chi connectivity index (χ0v) is 21.3. The minimum absolute atomic E-state index is 0.0628. The average Bonchev–Trinajstić information content (AvgIpc) is 2.86. The van der Waals surface area contributed by atoms with E-state index in [0.717, 1.165) is 57.0 Å². The van der Waals surface area contributed by atoms with E-state index in [4.69, 9.17) is 9.47 Å². The predicted octanol–water partition coefficient (Wildman–Crippen LogP) is 4.34. The van der Waals surface area contributed by atoms with Gasteiger partial charge in [0, 0.05) is 50.5 Å². The fourth-order valence-corrected chi connectivity index (χ4v) is 4.30. The third kappa shape index (κ3) is 8.12. The minimum Gasteiger partial charge on any atom is -0.492 e. The Kier molecular flexibility index (Phi) is 10.4. The molecular weight excluding hydrogens is 426 g/mol. The molecule has 0 aliphatic carbocycles. The summed E-state index contributed by atoms with van der Waals surface area (Å²) in [7, 11) is 2.15. The monoisotopic (exact) mass is 467 g/mol. The number of rotatable bonds is 12. The van der Waals surface area contributed by atoms with Gasteiger partial charge in [0.2, 0.25) is 0 Å². The van der Waals surface area contributed by atoms with Gasteiger partial charge in [0.15, 0.2) is 0 Å². The minimum atomic E-state index is -0.0628. The summed E-state index contributed by atoms with van der Waals surface area (Å²) in [6.07, 6.45) is 2.17. The summed E-state index contributed by atoms with van der Waals surface area (Å²) in [5, 5.41) is 3.02. The molecule has 1 aliphatic rings. The van der Waals surface area contributed by atoms with E-state index in [0.29, 0.717) is 30.8 Å². The first-order chi connectivity index (χ1) is 16.5. The van der Waals surface area contributed by atoms with E-state index in [-0.39, 0.29) is 5.91 Å². The molecule has 0 unspecified atom stereocenters. The van der Waals surface area contributed by atoms with Crippen molar-refractivity contribution in [1.29, 1.82) is 0 Å². The first kappa shape index (κ1) is 26.2. The number of nitrogens with zero attached hydrogens (tertiary/aromatic N) is 2. The zero-order chi connectivity index (χ0) is 24.3. The lowest BCUT2D eigenvalue weighted by molar-refractivity contribution is 0.0392. The molecule has 3 rings (SSSR count). The lowest BCUT2D eigenvalue weighted by Gasteiger charge is -2.31. The van der Waals surface area contributed by atoms with Gasteiger partial charge in [0.25, 0.3) is 5.91 Å². The lowest BCUT2D eigenvalue weighted by atomic mass is 10.1. The van der Waals surface area contributed by atoms with Crippen LogP contribution >= 0.6 is 0 Å². The van der Waals surface area contributed by atoms with E-state index in [1.54, 1.807) is 0 Å². The standard InChI is InChI=1S/C28H41N3O3/c1-5-31(22(2)3)21-23-9-11-25(12-10-23)28(32)29-20-24-7-6-8-27(19-24)34-18-15-30(4)26-13-16-33-17-14-26/h6-12,19,22,26H,5,13-18,20-21H2,1-4H3,(H,29,32). The van der Waals surface area contributed by atoms with Crippen LogP contribution in [-0.2, 0) is 17.8 Å². The molecule has 6 heteroatoms. The van der Waals surface area contributed by atoms with Crippen LogP contribution in [0.25, 0.3) is 0 Å². The van der Waals surface area contributed by atoms with Crippen molar-refractivity contribution < 1.29 is 14.3 Å². The molecule has 1 fully saturated rings. The zero-order valence-electron chi connectivity index (χ0n) is 21.3. The lowest BCUT2D eigenvalue weighted by Crippen LogP contribution is -2.38. The maximum atomic E-state index is 12.6. The Balaban J connectivity index is 1.44. The number of hydrogen-bond donors (Lipinski definition) is 1. The normalized spacial score (nSPS) is 14.7. The second kappa shape index (κ2) is 13.5. The van der Waals surface area contributed by atoms with Crippen LogP contribution in [-0.4, -0.2) is 67.7 Å². The van der Waals surface area contributed by atoms with Crippen molar-refractivity contribution in [2.24, 2.45) is 0 Å². The van der Waals surface area contributed by atoms with Crippen LogP contribution in [0.2, 0.25) is 0 Å². The Bertz CT molecular complexity index is 879. The molecule has 1 N–H and O–H groups in total. The van der Waals surface area contributed by atoms with Crippen molar-refractivity contribution in [3.8, 4) is 5.75 Å². The molecule has 0 atom stereocenters. The van der Waals surface area contributed by atoms with Crippen LogP contribution < -0.4 is 10.1 Å². The number of amides is 1. The van der Waals surface area contributed by atoms with E-state index in [2.05, 4.69) is 42.9 Å². The number of likely N-dealkylation sites (N-methyl/N-ethyl adjacent to an activating group) is 1. The summed E-state index contributed by atoms with van der Waals surface area (Å²) in [5.41, 5.74) is 2.93. The van der Waals surface area contributed by atoms with Crippen molar-refractivity contribution >= 4 is 5.91 Å². The molecule has 0 bridgehead atoms. The summed E-state index contributed by atoms with van der Waals surface area (Å²) < 4.78 is 11.4.